The molecule has 1 aliphatic heterocycles. The number of thiazole rings is 1. The number of halogens is 1. The summed E-state index contributed by atoms with van der Waals surface area (Å²) in [7, 11) is 1.58. The lowest BCUT2D eigenvalue weighted by Gasteiger charge is -2.23. The molecule has 6 nitrogen and oxygen atoms in total. The van der Waals surface area contributed by atoms with Crippen molar-refractivity contribution in [2.45, 2.75) is 19.9 Å². The lowest BCUT2D eigenvalue weighted by molar-refractivity contribution is -0.132. The number of aliphatic hydroxyl groups excluding tert-OH is 1. The Bertz CT molecular complexity index is 1520. The maximum absolute atomic E-state index is 14.2. The highest BCUT2D eigenvalue weighted by atomic mass is 32.1. The number of carbonyl (C=O) groups excluding carboxylic acids is 2. The molecule has 0 aliphatic carbocycles. The standard InChI is InChI=1S/C27H21FN2O4S/c1-14-15(2)35-27(29-14)30-23(18-5-4-6-20(28)12-18)22(25(32)26(30)33)24(31)19-8-7-17-13-21(34-3)10-9-16(17)11-19/h4-13,23,31H,1-3H3/b24-22+. The van der Waals surface area contributed by atoms with Crippen LogP contribution in [0, 0.1) is 19.7 Å². The summed E-state index contributed by atoms with van der Waals surface area (Å²) >= 11 is 1.27. The predicted octanol–water partition coefficient (Wildman–Crippen LogP) is 5.69. The van der Waals surface area contributed by atoms with Crippen LogP contribution in [0.5, 0.6) is 5.75 Å². The van der Waals surface area contributed by atoms with E-state index in [-0.39, 0.29) is 11.3 Å². The van der Waals surface area contributed by atoms with Crippen LogP contribution in [-0.2, 0) is 9.59 Å². The maximum Gasteiger partial charge on any atom is 0.301 e. The number of rotatable bonds is 4. The molecule has 0 saturated carbocycles. The summed E-state index contributed by atoms with van der Waals surface area (Å²) in [6.45, 7) is 3.68. The van der Waals surface area contributed by atoms with Gasteiger partial charge in [0, 0.05) is 10.4 Å². The molecule has 1 fully saturated rings. The Hall–Kier alpha value is -4.04. The van der Waals surface area contributed by atoms with E-state index in [1.54, 1.807) is 37.4 Å². The Morgan fingerprint density at radius 3 is 2.49 bits per heavy atom. The van der Waals surface area contributed by atoms with Gasteiger partial charge in [-0.25, -0.2) is 9.37 Å². The van der Waals surface area contributed by atoms with Crippen LogP contribution in [0.15, 0.2) is 66.2 Å². The molecular formula is C27H21FN2O4S. The number of fused-ring (bicyclic) bond motifs is 1. The summed E-state index contributed by atoms with van der Waals surface area (Å²) in [6, 6.07) is 15.4. The van der Waals surface area contributed by atoms with Crippen LogP contribution in [0.1, 0.15) is 27.7 Å². The summed E-state index contributed by atoms with van der Waals surface area (Å²) in [4.78, 5) is 33.1. The van der Waals surface area contributed by atoms with Crippen LogP contribution < -0.4 is 9.64 Å². The molecule has 1 atom stereocenters. The molecule has 3 aromatic carbocycles. The van der Waals surface area contributed by atoms with E-state index in [0.717, 1.165) is 21.3 Å². The van der Waals surface area contributed by atoms with E-state index in [1.807, 2.05) is 26.0 Å². The Balaban J connectivity index is 1.71. The molecule has 0 radical (unpaired) electrons. The molecule has 176 valence electrons. The molecule has 8 heteroatoms. The van der Waals surface area contributed by atoms with Gasteiger partial charge >= 0.3 is 5.91 Å². The highest BCUT2D eigenvalue weighted by Crippen LogP contribution is 2.44. The number of aromatic nitrogens is 1. The molecule has 4 aromatic rings. The van der Waals surface area contributed by atoms with Crippen molar-refractivity contribution in [2.75, 3.05) is 12.0 Å². The van der Waals surface area contributed by atoms with Crippen molar-refractivity contribution in [3.8, 4) is 5.75 Å². The summed E-state index contributed by atoms with van der Waals surface area (Å²) in [5.41, 5.74) is 1.35. The van der Waals surface area contributed by atoms with Gasteiger partial charge in [-0.2, -0.15) is 0 Å². The number of Topliss-reactive ketones (excluding diaryl/α,β-unsaturated/α-hetero) is 1. The van der Waals surface area contributed by atoms with Crippen molar-refractivity contribution in [1.29, 1.82) is 0 Å². The molecule has 1 amide bonds. The van der Waals surface area contributed by atoms with Gasteiger partial charge in [-0.05, 0) is 60.5 Å². The van der Waals surface area contributed by atoms with Crippen LogP contribution in [0.25, 0.3) is 16.5 Å². The van der Waals surface area contributed by atoms with Crippen LogP contribution in [-0.4, -0.2) is 28.9 Å². The number of ketones is 1. The fraction of sp³-hybridized carbons (Fsp3) is 0.148. The minimum absolute atomic E-state index is 0.112. The van der Waals surface area contributed by atoms with Gasteiger partial charge in [-0.3, -0.25) is 14.5 Å². The van der Waals surface area contributed by atoms with E-state index in [0.29, 0.717) is 22.0 Å². The Kier molecular flexibility index (Phi) is 5.61. The van der Waals surface area contributed by atoms with E-state index in [1.165, 1.54) is 34.4 Å². The van der Waals surface area contributed by atoms with Crippen molar-refractivity contribution < 1.29 is 23.8 Å². The normalized spacial score (nSPS) is 17.4. The van der Waals surface area contributed by atoms with E-state index in [4.69, 9.17) is 4.74 Å². The number of hydrogen-bond acceptors (Lipinski definition) is 6. The topological polar surface area (TPSA) is 79.7 Å². The minimum atomic E-state index is -1.03. The van der Waals surface area contributed by atoms with Gasteiger partial charge in [-0.15, -0.1) is 11.3 Å². The first-order chi connectivity index (χ1) is 16.8. The molecule has 1 aromatic heterocycles. The number of aryl methyl sites for hydroxylation is 2. The molecule has 1 unspecified atom stereocenters. The van der Waals surface area contributed by atoms with Gasteiger partial charge in [0.05, 0.1) is 24.4 Å². The lowest BCUT2D eigenvalue weighted by atomic mass is 9.94. The monoisotopic (exact) mass is 488 g/mol. The SMILES string of the molecule is COc1ccc2cc(/C(O)=C3\C(=O)C(=O)N(c4nc(C)c(C)s4)C3c3cccc(F)c3)ccc2c1. The number of anilines is 1. The molecule has 1 saturated heterocycles. The first kappa shape index (κ1) is 22.7. The molecule has 1 N–H and O–H groups in total. The van der Waals surface area contributed by atoms with E-state index >= 15 is 0 Å². The zero-order chi connectivity index (χ0) is 24.9. The number of hydrogen-bond donors (Lipinski definition) is 1. The van der Waals surface area contributed by atoms with Crippen molar-refractivity contribution >= 4 is 44.7 Å². The van der Waals surface area contributed by atoms with Crippen molar-refractivity contribution in [3.05, 3.63) is 93.8 Å². The highest BCUT2D eigenvalue weighted by molar-refractivity contribution is 7.16. The number of benzene rings is 3. The molecule has 35 heavy (non-hydrogen) atoms. The minimum Gasteiger partial charge on any atom is -0.507 e. The summed E-state index contributed by atoms with van der Waals surface area (Å²) in [5.74, 6) is -1.82. The number of amides is 1. The second kappa shape index (κ2) is 8.63. The zero-order valence-electron chi connectivity index (χ0n) is 19.2. The zero-order valence-corrected chi connectivity index (χ0v) is 20.0. The van der Waals surface area contributed by atoms with Crippen LogP contribution in [0.3, 0.4) is 0 Å². The first-order valence-electron chi connectivity index (χ1n) is 10.9. The third-order valence-electron chi connectivity index (χ3n) is 6.15. The van der Waals surface area contributed by atoms with E-state index in [2.05, 4.69) is 4.98 Å². The highest BCUT2D eigenvalue weighted by Gasteiger charge is 2.48. The average Bonchev–Trinajstić information content (AvgIpc) is 3.32. The van der Waals surface area contributed by atoms with E-state index < -0.39 is 23.5 Å². The molecule has 0 spiro atoms. The van der Waals surface area contributed by atoms with Gasteiger partial charge in [0.25, 0.3) is 5.78 Å². The van der Waals surface area contributed by atoms with Gasteiger partial charge in [-0.1, -0.05) is 30.3 Å². The van der Waals surface area contributed by atoms with Crippen molar-refractivity contribution in [2.24, 2.45) is 0 Å². The summed E-state index contributed by atoms with van der Waals surface area (Å²) in [5, 5.41) is 13.4. The average molecular weight is 489 g/mol. The fourth-order valence-electron chi connectivity index (χ4n) is 4.23. The quantitative estimate of drug-likeness (QED) is 0.227. The Morgan fingerprint density at radius 2 is 1.80 bits per heavy atom. The van der Waals surface area contributed by atoms with Gasteiger partial charge < -0.3 is 9.84 Å². The van der Waals surface area contributed by atoms with Gasteiger partial charge in [0.15, 0.2) is 5.13 Å². The Morgan fingerprint density at radius 1 is 1.06 bits per heavy atom. The van der Waals surface area contributed by atoms with Crippen molar-refractivity contribution in [1.82, 2.24) is 4.98 Å². The van der Waals surface area contributed by atoms with Crippen LogP contribution in [0.2, 0.25) is 0 Å². The number of carbonyl (C=O) groups is 2. The van der Waals surface area contributed by atoms with E-state index in [9.17, 15) is 19.1 Å². The lowest BCUT2D eigenvalue weighted by Crippen LogP contribution is -2.29. The molecule has 1 aliphatic rings. The molecular weight excluding hydrogens is 467 g/mol. The summed E-state index contributed by atoms with van der Waals surface area (Å²) in [6.07, 6.45) is 0. The smallest absolute Gasteiger partial charge is 0.301 e. The predicted molar refractivity (Wildman–Crippen MR) is 133 cm³/mol. The molecule has 5 rings (SSSR count). The number of nitrogens with zero attached hydrogens (tertiary/aromatic N) is 2. The van der Waals surface area contributed by atoms with Crippen LogP contribution >= 0.6 is 11.3 Å². The fourth-order valence-corrected chi connectivity index (χ4v) is 5.17. The summed E-state index contributed by atoms with van der Waals surface area (Å²) < 4.78 is 19.5. The third kappa shape index (κ3) is 3.85. The second-order valence-corrected chi connectivity index (χ2v) is 9.47. The molecule has 0 bridgehead atoms. The van der Waals surface area contributed by atoms with Crippen LogP contribution in [0.4, 0.5) is 9.52 Å². The maximum atomic E-state index is 14.2. The number of aliphatic hydroxyl groups is 1. The molecule has 2 heterocycles. The van der Waals surface area contributed by atoms with Gasteiger partial charge in [0.1, 0.15) is 17.3 Å². The van der Waals surface area contributed by atoms with Crippen molar-refractivity contribution in [3.63, 3.8) is 0 Å². The largest absolute Gasteiger partial charge is 0.507 e. The second-order valence-electron chi connectivity index (χ2n) is 8.29. The third-order valence-corrected chi connectivity index (χ3v) is 7.23. The number of ether oxygens (including phenoxy) is 1. The Labute approximate surface area is 204 Å². The first-order valence-corrected chi connectivity index (χ1v) is 11.7. The van der Waals surface area contributed by atoms with Gasteiger partial charge in [0.2, 0.25) is 0 Å². The number of methoxy groups -OCH3 is 1.